The van der Waals surface area contributed by atoms with Gasteiger partial charge in [0.05, 0.1) is 6.61 Å². The van der Waals surface area contributed by atoms with Crippen molar-refractivity contribution in [2.75, 3.05) is 40.1 Å². The number of alkyl halides is 3. The minimum Gasteiger partial charge on any atom is -0.478 e. The van der Waals surface area contributed by atoms with Crippen LogP contribution in [-0.4, -0.2) is 86.3 Å². The zero-order chi connectivity index (χ0) is 24.8. The number of likely N-dealkylation sites (N-methyl/N-ethyl adjacent to an activating group) is 1. The number of aryl methyl sites for hydroxylation is 1. The number of nitrogens with zero attached hydrogens (tertiary/aromatic N) is 3. The molecule has 1 saturated heterocycles. The number of hydroxylamine groups is 2. The Morgan fingerprint density at radius 2 is 2.12 bits per heavy atom. The van der Waals surface area contributed by atoms with Crippen molar-refractivity contribution in [1.82, 2.24) is 19.7 Å². The van der Waals surface area contributed by atoms with Gasteiger partial charge in [0.2, 0.25) is 5.88 Å². The molecule has 15 heteroatoms. The third-order valence-electron chi connectivity index (χ3n) is 4.56. The highest BCUT2D eigenvalue weighted by molar-refractivity contribution is 7.89. The second-order valence-corrected chi connectivity index (χ2v) is 8.87. The van der Waals surface area contributed by atoms with E-state index in [0.717, 1.165) is 12.2 Å². The van der Waals surface area contributed by atoms with Gasteiger partial charge in [-0.2, -0.15) is 17.5 Å². The molecular weight excluding hydrogens is 473 g/mol. The number of carbonyl (C=O) groups is 2. The summed E-state index contributed by atoms with van der Waals surface area (Å²) in [6.45, 7) is 2.24. The van der Waals surface area contributed by atoms with Crippen molar-refractivity contribution < 1.29 is 45.5 Å². The lowest BCUT2D eigenvalue weighted by atomic mass is 10.1. The average molecular weight is 498 g/mol. The van der Waals surface area contributed by atoms with Crippen LogP contribution in [0.3, 0.4) is 0 Å². The number of rotatable bonds is 11. The summed E-state index contributed by atoms with van der Waals surface area (Å²) in [4.78, 5) is 33.8. The van der Waals surface area contributed by atoms with Crippen LogP contribution in [0, 0.1) is 6.92 Å². The number of carbonyl (C=O) groups excluding carboxylic acids is 2. The summed E-state index contributed by atoms with van der Waals surface area (Å²) in [5, 5.41) is 3.72. The quantitative estimate of drug-likeness (QED) is 0.351. The molecule has 1 aliphatic heterocycles. The Bertz CT molecular complexity index is 959. The molecular formula is C18H25F3N4O7S. The summed E-state index contributed by atoms with van der Waals surface area (Å²) in [5.41, 5.74) is -4.77. The molecule has 0 radical (unpaired) electrons. The summed E-state index contributed by atoms with van der Waals surface area (Å²) in [6, 6.07) is 0.485. The molecule has 1 aromatic rings. The van der Waals surface area contributed by atoms with Gasteiger partial charge in [0, 0.05) is 38.0 Å². The zero-order valence-electron chi connectivity index (χ0n) is 18.2. The standard InChI is InChI=1S/C18H25F3N4O7S/c1-4-25-17(27)14(10-32-25)23-16(26)13-8-15(22-9-12(13)2)31-7-5-6-24(11-30-3)33(28,29)18(19,20)21/h8-9,14H,4-7,10-11H2,1-3H3,(H,23,26)/t14-/m1/s1. The highest BCUT2D eigenvalue weighted by Crippen LogP contribution is 2.27. The molecule has 1 aromatic heterocycles. The van der Waals surface area contributed by atoms with E-state index in [1.165, 1.54) is 12.3 Å². The smallest absolute Gasteiger partial charge is 0.478 e. The first-order valence-corrected chi connectivity index (χ1v) is 11.3. The lowest BCUT2D eigenvalue weighted by Gasteiger charge is -2.22. The van der Waals surface area contributed by atoms with Crippen LogP contribution >= 0.6 is 0 Å². The first-order chi connectivity index (χ1) is 15.4. The van der Waals surface area contributed by atoms with E-state index in [-0.39, 0.29) is 41.3 Å². The van der Waals surface area contributed by atoms with Gasteiger partial charge in [-0.05, 0) is 25.8 Å². The van der Waals surface area contributed by atoms with Crippen molar-refractivity contribution in [3.63, 3.8) is 0 Å². The van der Waals surface area contributed by atoms with Gasteiger partial charge in [0.25, 0.3) is 11.8 Å². The van der Waals surface area contributed by atoms with Crippen molar-refractivity contribution in [1.29, 1.82) is 0 Å². The molecule has 1 aliphatic rings. The Kier molecular flexibility index (Phi) is 8.99. The van der Waals surface area contributed by atoms with Gasteiger partial charge in [-0.15, -0.1) is 0 Å². The molecule has 0 bridgehead atoms. The largest absolute Gasteiger partial charge is 0.511 e. The predicted molar refractivity (Wildman–Crippen MR) is 107 cm³/mol. The molecule has 1 fully saturated rings. The number of amides is 2. The van der Waals surface area contributed by atoms with Crippen LogP contribution in [-0.2, 0) is 24.4 Å². The zero-order valence-corrected chi connectivity index (χ0v) is 19.0. The Balaban J connectivity index is 1.96. The molecule has 2 heterocycles. The monoisotopic (exact) mass is 498 g/mol. The Morgan fingerprint density at radius 1 is 1.42 bits per heavy atom. The summed E-state index contributed by atoms with van der Waals surface area (Å²) >= 11 is 0. The van der Waals surface area contributed by atoms with Crippen molar-refractivity contribution in [3.8, 4) is 5.88 Å². The summed E-state index contributed by atoms with van der Waals surface area (Å²) in [7, 11) is -4.48. The number of hydrogen-bond acceptors (Lipinski definition) is 8. The van der Waals surface area contributed by atoms with Gasteiger partial charge in [-0.3, -0.25) is 14.4 Å². The van der Waals surface area contributed by atoms with E-state index >= 15 is 0 Å². The third kappa shape index (κ3) is 6.52. The second kappa shape index (κ2) is 11.1. The number of ether oxygens (including phenoxy) is 2. The molecule has 2 amide bonds. The maximum atomic E-state index is 12.8. The van der Waals surface area contributed by atoms with E-state index in [4.69, 9.17) is 9.57 Å². The van der Waals surface area contributed by atoms with Crippen LogP contribution in [0.4, 0.5) is 13.2 Å². The van der Waals surface area contributed by atoms with Crippen LogP contribution < -0.4 is 10.1 Å². The van der Waals surface area contributed by atoms with Crippen molar-refractivity contribution in [2.45, 2.75) is 31.8 Å². The summed E-state index contributed by atoms with van der Waals surface area (Å²) in [6.07, 6.45) is 1.26. The maximum absolute atomic E-state index is 12.8. The van der Waals surface area contributed by atoms with Crippen molar-refractivity contribution >= 4 is 21.8 Å². The highest BCUT2D eigenvalue weighted by Gasteiger charge is 2.49. The van der Waals surface area contributed by atoms with Gasteiger partial charge in [0.1, 0.15) is 19.4 Å². The molecule has 0 spiro atoms. The number of pyridine rings is 1. The number of sulfonamides is 1. The highest BCUT2D eigenvalue weighted by atomic mass is 32.2. The summed E-state index contributed by atoms with van der Waals surface area (Å²) < 4.78 is 71.4. The van der Waals surface area contributed by atoms with Gasteiger partial charge >= 0.3 is 15.5 Å². The van der Waals surface area contributed by atoms with Crippen LogP contribution in [0.1, 0.15) is 29.3 Å². The minimum atomic E-state index is -5.55. The fourth-order valence-electron chi connectivity index (χ4n) is 2.85. The molecule has 0 saturated carbocycles. The Hall–Kier alpha value is -2.49. The normalized spacial score (nSPS) is 17.0. The Morgan fingerprint density at radius 3 is 2.70 bits per heavy atom. The van der Waals surface area contributed by atoms with Crippen LogP contribution in [0.15, 0.2) is 12.3 Å². The van der Waals surface area contributed by atoms with E-state index in [0.29, 0.717) is 12.1 Å². The van der Waals surface area contributed by atoms with E-state index < -0.39 is 40.8 Å². The Labute approximate surface area is 188 Å². The topological polar surface area (TPSA) is 127 Å². The van der Waals surface area contributed by atoms with Gasteiger partial charge in [-0.1, -0.05) is 0 Å². The minimum absolute atomic E-state index is 0.00467. The fraction of sp³-hybridized carbons (Fsp3) is 0.611. The molecule has 2 rings (SSSR count). The number of halogens is 3. The first-order valence-electron chi connectivity index (χ1n) is 9.82. The first kappa shape index (κ1) is 26.8. The number of methoxy groups -OCH3 is 1. The molecule has 1 N–H and O–H groups in total. The number of aromatic nitrogens is 1. The van der Waals surface area contributed by atoms with Crippen LogP contribution in [0.5, 0.6) is 5.88 Å². The molecule has 33 heavy (non-hydrogen) atoms. The SMILES string of the molecule is CCN1OC[C@@H](NC(=O)c2cc(OCCCN(COC)S(=O)(=O)C(F)(F)F)ncc2C)C1=O. The molecule has 1 atom stereocenters. The molecule has 11 nitrogen and oxygen atoms in total. The van der Waals surface area contributed by atoms with Gasteiger partial charge in [-0.25, -0.2) is 18.5 Å². The molecule has 0 aromatic carbocycles. The summed E-state index contributed by atoms with van der Waals surface area (Å²) in [5.74, 6) is -0.919. The van der Waals surface area contributed by atoms with E-state index in [1.807, 2.05) is 0 Å². The van der Waals surface area contributed by atoms with E-state index in [2.05, 4.69) is 15.0 Å². The lowest BCUT2D eigenvalue weighted by molar-refractivity contribution is -0.160. The molecule has 186 valence electrons. The van der Waals surface area contributed by atoms with Crippen molar-refractivity contribution in [3.05, 3.63) is 23.4 Å². The van der Waals surface area contributed by atoms with Gasteiger partial charge in [0.15, 0.2) is 0 Å². The van der Waals surface area contributed by atoms with Crippen molar-refractivity contribution in [2.24, 2.45) is 0 Å². The van der Waals surface area contributed by atoms with Crippen LogP contribution in [0.2, 0.25) is 0 Å². The van der Waals surface area contributed by atoms with E-state index in [9.17, 15) is 31.2 Å². The lowest BCUT2D eigenvalue weighted by Crippen LogP contribution is -2.42. The molecule has 0 aliphatic carbocycles. The predicted octanol–water partition coefficient (Wildman–Crippen LogP) is 0.807. The average Bonchev–Trinajstić information content (AvgIpc) is 3.09. The van der Waals surface area contributed by atoms with Gasteiger partial charge < -0.3 is 14.8 Å². The maximum Gasteiger partial charge on any atom is 0.511 e. The second-order valence-electron chi connectivity index (χ2n) is 6.94. The number of hydrogen-bond donors (Lipinski definition) is 1. The van der Waals surface area contributed by atoms with Crippen LogP contribution in [0.25, 0.3) is 0 Å². The number of nitrogens with one attached hydrogen (secondary N) is 1. The fourth-order valence-corrected chi connectivity index (χ4v) is 3.76. The third-order valence-corrected chi connectivity index (χ3v) is 6.12. The molecule has 0 unspecified atom stereocenters. The van der Waals surface area contributed by atoms with E-state index in [1.54, 1.807) is 13.8 Å².